The highest BCUT2D eigenvalue weighted by atomic mass is 32.2. The molecule has 0 fully saturated rings. The van der Waals surface area contributed by atoms with E-state index in [4.69, 9.17) is 0 Å². The number of anilines is 2. The summed E-state index contributed by atoms with van der Waals surface area (Å²) in [6, 6.07) is 10.0. The predicted octanol–water partition coefficient (Wildman–Crippen LogP) is 9.05. The van der Waals surface area contributed by atoms with Gasteiger partial charge in [0.15, 0.2) is 0 Å². The molecule has 0 saturated heterocycles. The van der Waals surface area contributed by atoms with Gasteiger partial charge in [-0.1, -0.05) is 0 Å². The lowest BCUT2D eigenvalue weighted by molar-refractivity contribution is -0.138. The molecule has 0 unspecified atom stereocenters. The van der Waals surface area contributed by atoms with Crippen molar-refractivity contribution in [3.63, 3.8) is 0 Å². The summed E-state index contributed by atoms with van der Waals surface area (Å²) in [6.07, 6.45) is -16.3. The van der Waals surface area contributed by atoms with Crippen LogP contribution >= 0.6 is 0 Å². The first-order valence-electron chi connectivity index (χ1n) is 17.0. The maximum Gasteiger partial charge on any atom is 0.416 e. The molecule has 0 aliphatic heterocycles. The zero-order valence-electron chi connectivity index (χ0n) is 32.4. The van der Waals surface area contributed by atoms with Crippen molar-refractivity contribution in [2.75, 3.05) is 34.5 Å². The van der Waals surface area contributed by atoms with Gasteiger partial charge in [-0.25, -0.2) is 41.6 Å². The molecule has 0 spiro atoms. The first kappa shape index (κ1) is 49.5. The minimum Gasteiger partial charge on any atom is -0.283 e. The van der Waals surface area contributed by atoms with Crippen molar-refractivity contribution in [3.8, 4) is 22.5 Å². The van der Waals surface area contributed by atoms with Crippen LogP contribution in [0.5, 0.6) is 0 Å². The van der Waals surface area contributed by atoms with Gasteiger partial charge in [-0.3, -0.25) is 9.44 Å². The molecule has 4 aromatic carbocycles. The molecule has 0 aliphatic carbocycles. The van der Waals surface area contributed by atoms with Crippen LogP contribution in [-0.2, 0) is 64.8 Å². The molecule has 0 bridgehead atoms. The van der Waals surface area contributed by atoms with E-state index in [-0.39, 0.29) is 33.2 Å². The van der Waals surface area contributed by atoms with Gasteiger partial charge in [0.25, 0.3) is 0 Å². The zero-order valence-corrected chi connectivity index (χ0v) is 35.7. The molecule has 6 aromatic rings. The molecule has 6 rings (SSSR count). The Bertz CT molecular complexity index is 3060. The summed E-state index contributed by atoms with van der Waals surface area (Å²) in [5, 5.41) is -0.439. The molecule has 0 atom stereocenters. The van der Waals surface area contributed by atoms with Crippen LogP contribution < -0.4 is 9.44 Å². The molecular weight excluding hydrogens is 973 g/mol. The topological polar surface area (TPSA) is 170 Å². The second kappa shape index (κ2) is 16.2. The smallest absolute Gasteiger partial charge is 0.283 e. The Balaban J connectivity index is 0.000000241. The summed E-state index contributed by atoms with van der Waals surface area (Å²) in [4.78, 5) is 0. The normalized spacial score (nSPS) is 13.5. The molecule has 64 heavy (non-hydrogen) atoms. The van der Waals surface area contributed by atoms with Gasteiger partial charge < -0.3 is 0 Å². The number of fused-ring (bicyclic) bond motifs is 2. The van der Waals surface area contributed by atoms with Crippen molar-refractivity contribution >= 4 is 73.3 Å². The quantitative estimate of drug-likeness (QED) is 0.142. The lowest BCUT2D eigenvalue weighted by Gasteiger charge is -2.16. The van der Waals surface area contributed by atoms with Gasteiger partial charge in [-0.2, -0.15) is 52.7 Å². The Hall–Kier alpha value is -5.48. The van der Waals surface area contributed by atoms with Gasteiger partial charge >= 0.3 is 24.7 Å². The van der Waals surface area contributed by atoms with E-state index in [0.29, 0.717) is 69.0 Å². The van der Waals surface area contributed by atoms with Crippen LogP contribution in [0, 0.1) is 0 Å². The van der Waals surface area contributed by atoms with Gasteiger partial charge in [0, 0.05) is 21.9 Å². The summed E-state index contributed by atoms with van der Waals surface area (Å²) in [7, 11) is -16.5. The highest BCUT2D eigenvalue weighted by molar-refractivity contribution is 7.92. The number of halogens is 12. The highest BCUT2D eigenvalue weighted by Gasteiger charge is 2.36. The van der Waals surface area contributed by atoms with E-state index in [1.165, 1.54) is 0 Å². The Morgan fingerprint density at radius 1 is 0.391 bits per heavy atom. The summed E-state index contributed by atoms with van der Waals surface area (Å²) in [6.45, 7) is 0. The van der Waals surface area contributed by atoms with Crippen molar-refractivity contribution in [1.29, 1.82) is 0 Å². The third-order valence-electron chi connectivity index (χ3n) is 8.67. The van der Waals surface area contributed by atoms with Crippen molar-refractivity contribution in [1.82, 2.24) is 7.94 Å². The lowest BCUT2D eigenvalue weighted by atomic mass is 10.1. The Labute approximate surface area is 355 Å². The van der Waals surface area contributed by atoms with Gasteiger partial charge in [-0.15, -0.1) is 0 Å². The number of alkyl halides is 12. The van der Waals surface area contributed by atoms with Gasteiger partial charge in [-0.05, 0) is 84.9 Å². The molecule has 0 aliphatic rings. The number of nitrogens with one attached hydrogen (secondary N) is 2. The average Bonchev–Trinajstić information content (AvgIpc) is 3.68. The standard InChI is InChI=1S/2C18H14F6N2O4S2/c2*1-31(27,28)25-14-5-3-12(18(22,23)24)9-13(14)16-8-10-7-11(17(19,20)21)4-6-15(10)26(16)32(2,29)30/h2*3-9,25H,1-2H3. The second-order valence-corrected chi connectivity index (χ2v) is 21.1. The summed E-state index contributed by atoms with van der Waals surface area (Å²) >= 11 is 0. The Morgan fingerprint density at radius 3 is 0.906 bits per heavy atom. The van der Waals surface area contributed by atoms with Crippen LogP contribution in [0.4, 0.5) is 64.1 Å². The third-order valence-corrected chi connectivity index (χ3v) is 12.0. The lowest BCUT2D eigenvalue weighted by Crippen LogP contribution is -2.15. The molecular formula is C36H28F12N4O8S4. The first-order chi connectivity index (χ1) is 28.8. The van der Waals surface area contributed by atoms with Crippen LogP contribution in [-0.4, -0.2) is 66.6 Å². The number of nitrogens with zero attached hydrogens (tertiary/aromatic N) is 2. The minimum atomic E-state index is -4.86. The molecule has 12 nitrogen and oxygen atoms in total. The summed E-state index contributed by atoms with van der Waals surface area (Å²) in [5.41, 5.74) is -7.70. The van der Waals surface area contributed by atoms with Crippen molar-refractivity contribution in [2.45, 2.75) is 24.7 Å². The molecule has 0 saturated carbocycles. The number of hydrogen-bond donors (Lipinski definition) is 2. The fraction of sp³-hybridized carbons (Fsp3) is 0.222. The largest absolute Gasteiger partial charge is 0.416 e. The molecule has 2 heterocycles. The molecule has 28 heteroatoms. The third kappa shape index (κ3) is 11.2. The number of benzene rings is 4. The fourth-order valence-electron chi connectivity index (χ4n) is 6.27. The van der Waals surface area contributed by atoms with E-state index >= 15 is 0 Å². The van der Waals surface area contributed by atoms with Gasteiger partial charge in [0.05, 0.1) is 81.1 Å². The second-order valence-electron chi connectivity index (χ2n) is 13.9. The molecule has 2 aromatic heterocycles. The number of sulfonamides is 2. The Kier molecular flexibility index (Phi) is 12.5. The van der Waals surface area contributed by atoms with Gasteiger partial charge in [0.1, 0.15) is 0 Å². The molecule has 0 amide bonds. The fourth-order valence-corrected chi connectivity index (χ4v) is 9.48. The summed E-state index contributed by atoms with van der Waals surface area (Å²) in [5.74, 6) is 0. The maximum absolute atomic E-state index is 13.3. The minimum absolute atomic E-state index is 0.219. The predicted molar refractivity (Wildman–Crippen MR) is 212 cm³/mol. The van der Waals surface area contributed by atoms with Crippen LogP contribution in [0.25, 0.3) is 44.3 Å². The van der Waals surface area contributed by atoms with Crippen LogP contribution in [0.15, 0.2) is 84.9 Å². The maximum atomic E-state index is 13.3. The highest BCUT2D eigenvalue weighted by Crippen LogP contribution is 2.43. The van der Waals surface area contributed by atoms with E-state index < -0.39 is 110 Å². The average molecular weight is 1000 g/mol. The van der Waals surface area contributed by atoms with E-state index in [1.807, 2.05) is 9.44 Å². The number of aromatic nitrogens is 2. The van der Waals surface area contributed by atoms with Gasteiger partial charge in [0.2, 0.25) is 40.1 Å². The van der Waals surface area contributed by atoms with Crippen molar-refractivity contribution in [3.05, 3.63) is 107 Å². The van der Waals surface area contributed by atoms with Crippen molar-refractivity contribution < 1.29 is 86.4 Å². The molecule has 348 valence electrons. The molecule has 0 radical (unpaired) electrons. The SMILES string of the molecule is CS(=O)(=O)Nc1ccc(C(F)(F)F)cc1-c1cc2cc(C(F)(F)F)ccc2n1S(C)(=O)=O.CS(=O)(=O)Nc1ccc(C(F)(F)F)cc1-c1cc2cc(C(F)(F)F)ccc2n1S(C)(=O)=O. The number of rotatable bonds is 8. The van der Waals surface area contributed by atoms with E-state index in [2.05, 4.69) is 0 Å². The molecule has 2 N–H and O–H groups in total. The van der Waals surface area contributed by atoms with Crippen LogP contribution in [0.3, 0.4) is 0 Å². The monoisotopic (exact) mass is 1000 g/mol. The zero-order chi connectivity index (χ0) is 48.6. The van der Waals surface area contributed by atoms with Crippen LogP contribution in [0.1, 0.15) is 22.3 Å². The van der Waals surface area contributed by atoms with E-state index in [0.717, 1.165) is 48.9 Å². The van der Waals surface area contributed by atoms with Crippen molar-refractivity contribution in [2.24, 2.45) is 0 Å². The van der Waals surface area contributed by atoms with Crippen LogP contribution in [0.2, 0.25) is 0 Å². The first-order valence-corrected chi connectivity index (χ1v) is 24.5. The summed E-state index contributed by atoms with van der Waals surface area (Å²) < 4.78 is 260. The Morgan fingerprint density at radius 2 is 0.656 bits per heavy atom. The van der Waals surface area contributed by atoms with E-state index in [9.17, 15) is 86.4 Å². The number of hydrogen-bond acceptors (Lipinski definition) is 8. The van der Waals surface area contributed by atoms with E-state index in [1.54, 1.807) is 0 Å².